The Kier molecular flexibility index (Phi) is 3.22. The summed E-state index contributed by atoms with van der Waals surface area (Å²) in [6, 6.07) is 2.11. The lowest BCUT2D eigenvalue weighted by Crippen LogP contribution is -2.27. The molecule has 0 aromatic heterocycles. The summed E-state index contributed by atoms with van der Waals surface area (Å²) in [5, 5.41) is 3.25. The molecule has 1 unspecified atom stereocenters. The number of hydrogen-bond donors (Lipinski definition) is 1. The highest BCUT2D eigenvalue weighted by atomic mass is 35.5. The van der Waals surface area contributed by atoms with E-state index in [0.29, 0.717) is 5.56 Å². The van der Waals surface area contributed by atoms with Crippen LogP contribution >= 0.6 is 11.6 Å². The number of rotatable bonds is 1. The minimum Gasteiger partial charge on any atom is -0.310 e. The molecule has 4 heteroatoms. The van der Waals surface area contributed by atoms with Gasteiger partial charge in [0.15, 0.2) is 0 Å². The molecule has 1 N–H and O–H groups in total. The lowest BCUT2D eigenvalue weighted by molar-refractivity contribution is 0.409. The second kappa shape index (κ2) is 4.45. The van der Waals surface area contributed by atoms with E-state index < -0.39 is 11.6 Å². The molecule has 1 fully saturated rings. The predicted octanol–water partition coefficient (Wildman–Crippen LogP) is 3.43. The van der Waals surface area contributed by atoms with Crippen molar-refractivity contribution in [3.8, 4) is 0 Å². The highest BCUT2D eigenvalue weighted by Crippen LogP contribution is 2.31. The minimum absolute atomic E-state index is 0.0172. The van der Waals surface area contributed by atoms with Crippen molar-refractivity contribution in [1.29, 1.82) is 0 Å². The fraction of sp³-hybridized carbons (Fsp3) is 0.455. The quantitative estimate of drug-likeness (QED) is 0.731. The van der Waals surface area contributed by atoms with E-state index in [1.165, 1.54) is 6.07 Å². The van der Waals surface area contributed by atoms with E-state index in [1.807, 2.05) is 0 Å². The van der Waals surface area contributed by atoms with Gasteiger partial charge < -0.3 is 5.32 Å². The SMILES string of the molecule is Fc1cc(F)c(Cl)c(C2CCCCN2)c1. The first-order valence-corrected chi connectivity index (χ1v) is 5.44. The zero-order valence-corrected chi connectivity index (χ0v) is 8.95. The van der Waals surface area contributed by atoms with Gasteiger partial charge in [-0.2, -0.15) is 0 Å². The molecule has 1 nitrogen and oxygen atoms in total. The number of halogens is 3. The molecule has 0 radical (unpaired) electrons. The molecular weight excluding hydrogens is 220 g/mol. The topological polar surface area (TPSA) is 12.0 Å². The fourth-order valence-corrected chi connectivity index (χ4v) is 2.19. The van der Waals surface area contributed by atoms with Crippen molar-refractivity contribution in [2.75, 3.05) is 6.54 Å². The minimum atomic E-state index is -0.681. The van der Waals surface area contributed by atoms with E-state index in [0.717, 1.165) is 31.9 Å². The van der Waals surface area contributed by atoms with Crippen molar-refractivity contribution < 1.29 is 8.78 Å². The van der Waals surface area contributed by atoms with Gasteiger partial charge in [0.1, 0.15) is 11.6 Å². The molecule has 1 aliphatic heterocycles. The van der Waals surface area contributed by atoms with Gasteiger partial charge in [-0.05, 0) is 31.0 Å². The average molecular weight is 232 g/mol. The molecule has 1 aromatic carbocycles. The molecule has 0 aliphatic carbocycles. The molecule has 0 amide bonds. The Morgan fingerprint density at radius 2 is 2.07 bits per heavy atom. The molecule has 1 heterocycles. The Bertz CT molecular complexity index is 362. The van der Waals surface area contributed by atoms with E-state index in [2.05, 4.69) is 5.32 Å². The molecule has 15 heavy (non-hydrogen) atoms. The van der Waals surface area contributed by atoms with Crippen LogP contribution in [0.4, 0.5) is 8.78 Å². The standard InChI is InChI=1S/C11H12ClF2N/c12-11-8(5-7(13)6-9(11)14)10-3-1-2-4-15-10/h5-6,10,15H,1-4H2. The molecule has 1 saturated heterocycles. The number of benzene rings is 1. The van der Waals surface area contributed by atoms with Crippen LogP contribution in [0.2, 0.25) is 5.02 Å². The zero-order chi connectivity index (χ0) is 10.8. The van der Waals surface area contributed by atoms with E-state index in [4.69, 9.17) is 11.6 Å². The second-order valence-electron chi connectivity index (χ2n) is 3.79. The van der Waals surface area contributed by atoms with Gasteiger partial charge in [0.05, 0.1) is 5.02 Å². The molecule has 2 rings (SSSR count). The molecule has 0 bridgehead atoms. The molecule has 0 saturated carbocycles. The van der Waals surface area contributed by atoms with E-state index in [-0.39, 0.29) is 11.1 Å². The van der Waals surface area contributed by atoms with Gasteiger partial charge in [0, 0.05) is 12.1 Å². The van der Waals surface area contributed by atoms with E-state index >= 15 is 0 Å². The molecule has 1 aromatic rings. The zero-order valence-electron chi connectivity index (χ0n) is 8.19. The van der Waals surface area contributed by atoms with Gasteiger partial charge in [0.2, 0.25) is 0 Å². The monoisotopic (exact) mass is 231 g/mol. The normalized spacial score (nSPS) is 21.7. The molecular formula is C11H12ClF2N. The van der Waals surface area contributed by atoms with Crippen molar-refractivity contribution in [2.45, 2.75) is 25.3 Å². The lowest BCUT2D eigenvalue weighted by Gasteiger charge is -2.24. The van der Waals surface area contributed by atoms with Gasteiger partial charge in [-0.15, -0.1) is 0 Å². The highest BCUT2D eigenvalue weighted by Gasteiger charge is 2.20. The van der Waals surface area contributed by atoms with E-state index in [1.54, 1.807) is 0 Å². The first-order valence-electron chi connectivity index (χ1n) is 5.06. The third-order valence-electron chi connectivity index (χ3n) is 2.71. The van der Waals surface area contributed by atoms with E-state index in [9.17, 15) is 8.78 Å². The van der Waals surface area contributed by atoms with Crippen LogP contribution in [0.25, 0.3) is 0 Å². The summed E-state index contributed by atoms with van der Waals surface area (Å²) in [7, 11) is 0. The third kappa shape index (κ3) is 2.29. The van der Waals surface area contributed by atoms with Crippen LogP contribution in [-0.4, -0.2) is 6.54 Å². The van der Waals surface area contributed by atoms with Crippen molar-refractivity contribution in [2.24, 2.45) is 0 Å². The predicted molar refractivity (Wildman–Crippen MR) is 56.0 cm³/mol. The summed E-state index contributed by atoms with van der Waals surface area (Å²) >= 11 is 5.82. The van der Waals surface area contributed by atoms with Crippen molar-refractivity contribution in [3.05, 3.63) is 34.4 Å². The van der Waals surface area contributed by atoms with Crippen LogP contribution in [0.15, 0.2) is 12.1 Å². The second-order valence-corrected chi connectivity index (χ2v) is 4.17. The van der Waals surface area contributed by atoms with Crippen LogP contribution < -0.4 is 5.32 Å². The first-order chi connectivity index (χ1) is 7.18. The Labute approximate surface area is 92.4 Å². The molecule has 82 valence electrons. The van der Waals surface area contributed by atoms with Gasteiger partial charge >= 0.3 is 0 Å². The smallest absolute Gasteiger partial charge is 0.145 e. The summed E-state index contributed by atoms with van der Waals surface area (Å²) in [5.41, 5.74) is 0.536. The maximum absolute atomic E-state index is 13.2. The number of piperidine rings is 1. The Balaban J connectivity index is 2.33. The Morgan fingerprint density at radius 3 is 2.73 bits per heavy atom. The lowest BCUT2D eigenvalue weighted by atomic mass is 9.97. The van der Waals surface area contributed by atoms with Crippen LogP contribution in [0.3, 0.4) is 0 Å². The van der Waals surface area contributed by atoms with Crippen molar-refractivity contribution in [3.63, 3.8) is 0 Å². The first kappa shape index (κ1) is 10.8. The molecule has 0 spiro atoms. The Morgan fingerprint density at radius 1 is 1.27 bits per heavy atom. The maximum atomic E-state index is 13.2. The molecule has 1 aliphatic rings. The van der Waals surface area contributed by atoms with Gasteiger partial charge in [-0.25, -0.2) is 8.78 Å². The summed E-state index contributed by atoms with van der Waals surface area (Å²) in [5.74, 6) is -1.25. The Hall–Kier alpha value is -0.670. The number of hydrogen-bond acceptors (Lipinski definition) is 1. The number of nitrogens with one attached hydrogen (secondary N) is 1. The van der Waals surface area contributed by atoms with Gasteiger partial charge in [-0.1, -0.05) is 18.0 Å². The average Bonchev–Trinajstić information content (AvgIpc) is 2.24. The fourth-order valence-electron chi connectivity index (χ4n) is 1.95. The summed E-state index contributed by atoms with van der Waals surface area (Å²) in [6.45, 7) is 0.874. The largest absolute Gasteiger partial charge is 0.310 e. The molecule has 1 atom stereocenters. The maximum Gasteiger partial charge on any atom is 0.145 e. The van der Waals surface area contributed by atoms with Gasteiger partial charge in [-0.3, -0.25) is 0 Å². The van der Waals surface area contributed by atoms with Crippen LogP contribution in [0, 0.1) is 11.6 Å². The highest BCUT2D eigenvalue weighted by molar-refractivity contribution is 6.31. The summed E-state index contributed by atoms with van der Waals surface area (Å²) in [4.78, 5) is 0. The third-order valence-corrected chi connectivity index (χ3v) is 3.11. The summed E-state index contributed by atoms with van der Waals surface area (Å²) < 4.78 is 26.2. The van der Waals surface area contributed by atoms with Crippen LogP contribution in [-0.2, 0) is 0 Å². The van der Waals surface area contributed by atoms with Crippen molar-refractivity contribution >= 4 is 11.6 Å². The summed E-state index contributed by atoms with van der Waals surface area (Å²) in [6.07, 6.45) is 3.04. The van der Waals surface area contributed by atoms with Crippen molar-refractivity contribution in [1.82, 2.24) is 5.32 Å². The van der Waals surface area contributed by atoms with Gasteiger partial charge in [0.25, 0.3) is 0 Å². The van der Waals surface area contributed by atoms with Crippen LogP contribution in [0.5, 0.6) is 0 Å². The van der Waals surface area contributed by atoms with Crippen LogP contribution in [0.1, 0.15) is 30.9 Å².